The molecule has 0 bridgehead atoms. The summed E-state index contributed by atoms with van der Waals surface area (Å²) in [4.78, 5) is 51.3. The number of aliphatic hydroxyl groups excluding tert-OH is 1. The minimum absolute atomic E-state index is 0.621. The number of carbonyl (C=O) groups is 4. The maximum Gasteiger partial charge on any atom is 0.339 e. The van der Waals surface area contributed by atoms with Crippen LogP contribution in [0.5, 0.6) is 51.7 Å². The number of aromatic hydroxyl groups is 9. The molecular weight excluding hydrogens is 638 g/mol. The predicted octanol–water partition coefficient (Wildman–Crippen LogP) is -0.394. The molecule has 1 fully saturated rings. The van der Waals surface area contributed by atoms with E-state index in [9.17, 15) is 70.2 Å². The third kappa shape index (κ3) is 7.00. The number of aliphatic hydroxyl groups is 1. The number of primary amides is 1. The van der Waals surface area contributed by atoms with E-state index in [0.717, 1.165) is 0 Å². The van der Waals surface area contributed by atoms with Crippen molar-refractivity contribution < 1.29 is 89.2 Å². The minimum Gasteiger partial charge on any atom is -0.504 e. The highest BCUT2D eigenvalue weighted by molar-refractivity contribution is 5.93. The van der Waals surface area contributed by atoms with Gasteiger partial charge in [0.2, 0.25) is 5.91 Å². The van der Waals surface area contributed by atoms with Gasteiger partial charge >= 0.3 is 17.9 Å². The zero-order chi connectivity index (χ0) is 34.9. The number of ether oxygens (including phenoxy) is 4. The number of carbonyl (C=O) groups excluding carboxylic acids is 4. The summed E-state index contributed by atoms with van der Waals surface area (Å²) in [5.41, 5.74) is 3.37. The van der Waals surface area contributed by atoms with Gasteiger partial charge in [-0.15, -0.1) is 0 Å². The van der Waals surface area contributed by atoms with Gasteiger partial charge in [-0.2, -0.15) is 0 Å². The van der Waals surface area contributed by atoms with Crippen LogP contribution in [0.25, 0.3) is 0 Å². The van der Waals surface area contributed by atoms with E-state index < -0.39 is 129 Å². The number of amides is 1. The molecule has 0 spiro atoms. The van der Waals surface area contributed by atoms with Gasteiger partial charge in [0.05, 0.1) is 23.1 Å². The lowest BCUT2D eigenvalue weighted by Gasteiger charge is -2.42. The second-order valence-electron chi connectivity index (χ2n) is 9.93. The Balaban J connectivity index is 1.79. The van der Waals surface area contributed by atoms with E-state index in [4.69, 9.17) is 24.7 Å². The van der Waals surface area contributed by atoms with Gasteiger partial charge in [0, 0.05) is 0 Å². The van der Waals surface area contributed by atoms with Crippen LogP contribution in [0.3, 0.4) is 0 Å². The number of hydrogen-bond acceptors (Lipinski definition) is 18. The Kier molecular flexibility index (Phi) is 9.24. The molecule has 47 heavy (non-hydrogen) atoms. The second-order valence-corrected chi connectivity index (χ2v) is 9.93. The van der Waals surface area contributed by atoms with Crippen molar-refractivity contribution >= 4 is 23.8 Å². The second kappa shape index (κ2) is 12.9. The Labute approximate surface area is 261 Å². The smallest absolute Gasteiger partial charge is 0.339 e. The number of hydrogen-bond donors (Lipinski definition) is 11. The number of benzene rings is 3. The molecule has 1 saturated heterocycles. The third-order valence-electron chi connectivity index (χ3n) is 6.66. The van der Waals surface area contributed by atoms with Crippen LogP contribution < -0.4 is 5.73 Å². The van der Waals surface area contributed by atoms with Crippen molar-refractivity contribution in [2.75, 3.05) is 0 Å². The lowest BCUT2D eigenvalue weighted by Crippen LogP contribution is -2.62. The highest BCUT2D eigenvalue weighted by Gasteiger charge is 2.52. The molecule has 1 heterocycles. The first-order chi connectivity index (χ1) is 22.0. The molecule has 4 rings (SSSR count). The maximum absolute atomic E-state index is 13.2. The fourth-order valence-electron chi connectivity index (χ4n) is 4.40. The van der Waals surface area contributed by atoms with Crippen molar-refractivity contribution in [2.45, 2.75) is 37.1 Å². The topological polar surface area (TPSA) is 334 Å². The lowest BCUT2D eigenvalue weighted by atomic mass is 9.95. The molecule has 0 radical (unpaired) electrons. The third-order valence-corrected chi connectivity index (χ3v) is 6.66. The summed E-state index contributed by atoms with van der Waals surface area (Å²) in [6, 6.07) is 3.88. The molecule has 1 amide bonds. The molecule has 19 nitrogen and oxygen atoms in total. The maximum atomic E-state index is 13.2. The molecule has 1 aliphatic rings. The summed E-state index contributed by atoms with van der Waals surface area (Å²) < 4.78 is 21.3. The Morgan fingerprint density at radius 2 is 0.851 bits per heavy atom. The van der Waals surface area contributed by atoms with Gasteiger partial charge in [0.1, 0.15) is 6.10 Å². The van der Waals surface area contributed by atoms with Crippen molar-refractivity contribution in [3.8, 4) is 51.7 Å². The average molecular weight is 663 g/mol. The Hall–Kier alpha value is -6.34. The average Bonchev–Trinajstić information content (AvgIpc) is 2.99. The Bertz CT molecular complexity index is 1690. The summed E-state index contributed by atoms with van der Waals surface area (Å²) in [6.07, 6.45) is -11.3. The highest BCUT2D eigenvalue weighted by atomic mass is 16.7. The SMILES string of the molecule is NC(=O)CC1OC(O)C(OC(=O)c2cc(O)c(O)c(O)c2)C(OC(=O)c2cc(O)c(O)c(O)c2)C1OC(=O)c1cc(O)c(O)c(O)c1. The largest absolute Gasteiger partial charge is 0.504 e. The molecule has 250 valence electrons. The number of nitrogens with two attached hydrogens (primary N) is 1. The van der Waals surface area contributed by atoms with Crippen LogP contribution in [-0.4, -0.2) is 106 Å². The normalized spacial score (nSPS) is 20.6. The van der Waals surface area contributed by atoms with Crippen LogP contribution in [-0.2, 0) is 23.7 Å². The summed E-state index contributed by atoms with van der Waals surface area (Å²) in [5.74, 6) is -14.3. The van der Waals surface area contributed by atoms with Crippen LogP contribution in [0.1, 0.15) is 37.5 Å². The quantitative estimate of drug-likeness (QED) is 0.0829. The van der Waals surface area contributed by atoms with Crippen molar-refractivity contribution in [1.82, 2.24) is 0 Å². The van der Waals surface area contributed by atoms with Gasteiger partial charge in [-0.05, 0) is 36.4 Å². The molecule has 3 aromatic carbocycles. The number of esters is 3. The van der Waals surface area contributed by atoms with E-state index in [0.29, 0.717) is 36.4 Å². The van der Waals surface area contributed by atoms with E-state index in [2.05, 4.69) is 0 Å². The molecule has 1 aliphatic heterocycles. The highest BCUT2D eigenvalue weighted by Crippen LogP contribution is 2.39. The molecule has 19 heteroatoms. The number of phenols is 9. The van der Waals surface area contributed by atoms with Gasteiger partial charge in [0.15, 0.2) is 76.3 Å². The van der Waals surface area contributed by atoms with Crippen LogP contribution in [0.15, 0.2) is 36.4 Å². The summed E-state index contributed by atoms with van der Waals surface area (Å²) >= 11 is 0. The first-order valence-corrected chi connectivity index (χ1v) is 13.0. The fraction of sp³-hybridized carbons (Fsp3) is 0.214. The van der Waals surface area contributed by atoms with Gasteiger partial charge in [-0.3, -0.25) is 4.79 Å². The monoisotopic (exact) mass is 663 g/mol. The van der Waals surface area contributed by atoms with E-state index in [1.165, 1.54) is 0 Å². The van der Waals surface area contributed by atoms with Gasteiger partial charge in [-0.25, -0.2) is 14.4 Å². The van der Waals surface area contributed by atoms with Crippen molar-refractivity contribution in [3.05, 3.63) is 53.1 Å². The standard InChI is InChI=1S/C28H25NO18/c29-18(36)7-17-22(45-25(40)8-1-11(30)19(37)12(31)2-8)23(46-26(41)9-3-13(32)20(38)14(33)4-9)24(28(43)44-17)47-27(42)10-5-15(34)21(39)16(35)6-10/h1-6,17,22-24,28,30-35,37-39,43H,7H2,(H2,29,36). The van der Waals surface area contributed by atoms with Crippen molar-refractivity contribution in [3.63, 3.8) is 0 Å². The molecule has 0 aromatic heterocycles. The van der Waals surface area contributed by atoms with Gasteiger partial charge in [0.25, 0.3) is 0 Å². The molecular formula is C28H25NO18. The molecule has 0 aliphatic carbocycles. The van der Waals surface area contributed by atoms with Crippen LogP contribution in [0, 0.1) is 0 Å². The summed E-state index contributed by atoms with van der Waals surface area (Å²) in [5, 5.41) is 98.7. The van der Waals surface area contributed by atoms with Crippen molar-refractivity contribution in [2.24, 2.45) is 5.73 Å². The minimum atomic E-state index is -2.29. The molecule has 5 unspecified atom stereocenters. The molecule has 5 atom stereocenters. The predicted molar refractivity (Wildman–Crippen MR) is 147 cm³/mol. The Morgan fingerprint density at radius 3 is 1.17 bits per heavy atom. The fourth-order valence-corrected chi connectivity index (χ4v) is 4.40. The zero-order valence-corrected chi connectivity index (χ0v) is 23.4. The van der Waals surface area contributed by atoms with E-state index in [1.807, 2.05) is 0 Å². The Morgan fingerprint density at radius 1 is 0.553 bits per heavy atom. The van der Waals surface area contributed by atoms with Crippen LogP contribution >= 0.6 is 0 Å². The van der Waals surface area contributed by atoms with E-state index >= 15 is 0 Å². The summed E-state index contributed by atoms with van der Waals surface area (Å²) in [7, 11) is 0. The van der Waals surface area contributed by atoms with E-state index in [-0.39, 0.29) is 0 Å². The molecule has 12 N–H and O–H groups in total. The van der Waals surface area contributed by atoms with E-state index in [1.54, 1.807) is 0 Å². The summed E-state index contributed by atoms with van der Waals surface area (Å²) in [6.45, 7) is 0. The van der Waals surface area contributed by atoms with Gasteiger partial charge < -0.3 is 75.7 Å². The van der Waals surface area contributed by atoms with Crippen LogP contribution in [0.2, 0.25) is 0 Å². The zero-order valence-electron chi connectivity index (χ0n) is 23.4. The first kappa shape index (κ1) is 33.6. The number of rotatable bonds is 8. The number of phenolic OH excluding ortho intramolecular Hbond substituents is 9. The van der Waals surface area contributed by atoms with Crippen LogP contribution in [0.4, 0.5) is 0 Å². The van der Waals surface area contributed by atoms with Crippen molar-refractivity contribution in [1.29, 1.82) is 0 Å². The first-order valence-electron chi connectivity index (χ1n) is 13.0. The van der Waals surface area contributed by atoms with Gasteiger partial charge in [-0.1, -0.05) is 0 Å². The molecule has 0 saturated carbocycles. The lowest BCUT2D eigenvalue weighted by molar-refractivity contribution is -0.279. The molecule has 3 aromatic rings.